The Morgan fingerprint density at radius 1 is 1.12 bits per heavy atom. The topological polar surface area (TPSA) is 75.7 Å². The number of benzene rings is 2. The summed E-state index contributed by atoms with van der Waals surface area (Å²) in [6.07, 6.45) is 0.643. The normalized spacial score (nSPS) is 14.2. The summed E-state index contributed by atoms with van der Waals surface area (Å²) in [5.74, 6) is 0.814. The van der Waals surface area contributed by atoms with Gasteiger partial charge < -0.3 is 10.1 Å². The molecule has 1 aliphatic heterocycles. The summed E-state index contributed by atoms with van der Waals surface area (Å²) in [7, 11) is -3.50. The van der Waals surface area contributed by atoms with Crippen molar-refractivity contribution in [1.29, 1.82) is 0 Å². The number of thiophene rings is 1. The van der Waals surface area contributed by atoms with Crippen molar-refractivity contribution in [1.82, 2.24) is 4.31 Å². The molecule has 0 radical (unpaired) electrons. The first kappa shape index (κ1) is 22.5. The Bertz CT molecular complexity index is 1190. The second-order valence-corrected chi connectivity index (χ2v) is 11.2. The third-order valence-corrected chi connectivity index (χ3v) is 8.69. The average Bonchev–Trinajstić information content (AvgIpc) is 3.33. The Hall–Kier alpha value is -2.68. The lowest BCUT2D eigenvalue weighted by molar-refractivity contribution is -0.118. The van der Waals surface area contributed by atoms with Gasteiger partial charge in [0.1, 0.15) is 9.96 Å². The zero-order valence-corrected chi connectivity index (χ0v) is 19.7. The maximum absolute atomic E-state index is 12.8. The van der Waals surface area contributed by atoms with Crippen LogP contribution in [0.5, 0.6) is 5.75 Å². The minimum absolute atomic E-state index is 0.100. The molecule has 1 aromatic heterocycles. The number of anilines is 1. The van der Waals surface area contributed by atoms with Crippen LogP contribution in [0.25, 0.3) is 0 Å². The second-order valence-electron chi connectivity index (χ2n) is 8.06. The number of nitrogens with one attached hydrogen (secondary N) is 1. The van der Waals surface area contributed by atoms with Gasteiger partial charge in [0, 0.05) is 18.8 Å². The number of amides is 1. The Kier molecular flexibility index (Phi) is 6.64. The Morgan fingerprint density at radius 2 is 1.91 bits per heavy atom. The van der Waals surface area contributed by atoms with Gasteiger partial charge in [-0.05, 0) is 64.7 Å². The molecule has 8 heteroatoms. The lowest BCUT2D eigenvalue weighted by Crippen LogP contribution is -2.35. The van der Waals surface area contributed by atoms with Crippen LogP contribution in [0.2, 0.25) is 0 Å². The smallest absolute Gasteiger partial charge is 0.262 e. The van der Waals surface area contributed by atoms with Crippen molar-refractivity contribution in [3.8, 4) is 5.75 Å². The van der Waals surface area contributed by atoms with Crippen molar-refractivity contribution in [3.63, 3.8) is 0 Å². The molecule has 0 spiro atoms. The van der Waals surface area contributed by atoms with Crippen LogP contribution in [0.3, 0.4) is 0 Å². The van der Waals surface area contributed by atoms with Gasteiger partial charge in [0.05, 0.1) is 0 Å². The first-order valence-electron chi connectivity index (χ1n) is 10.5. The van der Waals surface area contributed by atoms with Gasteiger partial charge in [-0.15, -0.1) is 11.3 Å². The SMILES string of the molecule is CC(C)c1ccc(OCC(=O)Nc2ccc3c(c2)CN(S(=O)(=O)c2cccs2)CC3)cc1. The summed E-state index contributed by atoms with van der Waals surface area (Å²) < 4.78 is 33.1. The minimum Gasteiger partial charge on any atom is -0.484 e. The van der Waals surface area contributed by atoms with Crippen molar-refractivity contribution in [2.24, 2.45) is 0 Å². The van der Waals surface area contributed by atoms with E-state index >= 15 is 0 Å². The summed E-state index contributed by atoms with van der Waals surface area (Å²) in [6.45, 7) is 4.88. The van der Waals surface area contributed by atoms with Crippen LogP contribution in [0, 0.1) is 0 Å². The number of hydrogen-bond acceptors (Lipinski definition) is 5. The molecule has 3 aromatic rings. The third-order valence-electron chi connectivity index (χ3n) is 5.47. The van der Waals surface area contributed by atoms with Gasteiger partial charge in [0.25, 0.3) is 15.9 Å². The van der Waals surface area contributed by atoms with Crippen LogP contribution in [-0.4, -0.2) is 31.8 Å². The van der Waals surface area contributed by atoms with E-state index in [1.807, 2.05) is 42.5 Å². The Morgan fingerprint density at radius 3 is 2.59 bits per heavy atom. The zero-order chi connectivity index (χ0) is 22.7. The van der Waals surface area contributed by atoms with E-state index in [9.17, 15) is 13.2 Å². The number of fused-ring (bicyclic) bond motifs is 1. The first-order chi connectivity index (χ1) is 15.3. The number of carbonyl (C=O) groups excluding carboxylic acids is 1. The molecule has 2 heterocycles. The van der Waals surface area contributed by atoms with Gasteiger partial charge in [-0.2, -0.15) is 4.31 Å². The third kappa shape index (κ3) is 5.03. The number of sulfonamides is 1. The predicted molar refractivity (Wildman–Crippen MR) is 127 cm³/mol. The van der Waals surface area contributed by atoms with Crippen molar-refractivity contribution >= 4 is 33.0 Å². The molecule has 6 nitrogen and oxygen atoms in total. The predicted octanol–water partition coefficient (Wildman–Crippen LogP) is 4.64. The molecule has 2 aromatic carbocycles. The standard InChI is InChI=1S/C24H26N2O4S2/c1-17(2)18-6-9-22(10-7-18)30-16-23(27)25-21-8-5-19-11-12-26(15-20(19)14-21)32(28,29)24-4-3-13-31-24/h3-10,13-14,17H,11-12,15-16H2,1-2H3,(H,25,27). The van der Waals surface area contributed by atoms with E-state index in [0.29, 0.717) is 34.5 Å². The molecule has 0 atom stereocenters. The average molecular weight is 471 g/mol. The maximum Gasteiger partial charge on any atom is 0.262 e. The van der Waals surface area contributed by atoms with Crippen LogP contribution in [0.4, 0.5) is 5.69 Å². The van der Waals surface area contributed by atoms with E-state index < -0.39 is 10.0 Å². The zero-order valence-electron chi connectivity index (χ0n) is 18.1. The summed E-state index contributed by atoms with van der Waals surface area (Å²) >= 11 is 1.22. The molecule has 1 N–H and O–H groups in total. The van der Waals surface area contributed by atoms with Gasteiger partial charge >= 0.3 is 0 Å². The van der Waals surface area contributed by atoms with Crippen molar-refractivity contribution in [2.75, 3.05) is 18.5 Å². The first-order valence-corrected chi connectivity index (χ1v) is 12.8. The number of hydrogen-bond donors (Lipinski definition) is 1. The molecular weight excluding hydrogens is 444 g/mol. The van der Waals surface area contributed by atoms with Gasteiger partial charge in [-0.3, -0.25) is 4.79 Å². The van der Waals surface area contributed by atoms with Crippen LogP contribution in [0.15, 0.2) is 64.2 Å². The highest BCUT2D eigenvalue weighted by molar-refractivity contribution is 7.91. The van der Waals surface area contributed by atoms with Gasteiger partial charge in [-0.1, -0.05) is 38.1 Å². The molecular formula is C24H26N2O4S2. The number of nitrogens with zero attached hydrogens (tertiary/aromatic N) is 1. The lowest BCUT2D eigenvalue weighted by Gasteiger charge is -2.28. The van der Waals surface area contributed by atoms with E-state index in [2.05, 4.69) is 19.2 Å². The Balaban J connectivity index is 1.38. The number of ether oxygens (including phenoxy) is 1. The van der Waals surface area contributed by atoms with Crippen LogP contribution >= 0.6 is 11.3 Å². The van der Waals surface area contributed by atoms with Gasteiger partial charge in [-0.25, -0.2) is 8.42 Å². The molecule has 1 amide bonds. The minimum atomic E-state index is -3.50. The lowest BCUT2D eigenvalue weighted by atomic mass is 10.0. The number of carbonyl (C=O) groups is 1. The summed E-state index contributed by atoms with van der Waals surface area (Å²) in [6, 6.07) is 16.7. The van der Waals surface area contributed by atoms with Crippen LogP contribution in [-0.2, 0) is 27.8 Å². The van der Waals surface area contributed by atoms with E-state index in [0.717, 1.165) is 11.1 Å². The molecule has 0 saturated heterocycles. The maximum atomic E-state index is 12.8. The summed E-state index contributed by atoms with van der Waals surface area (Å²) in [5, 5.41) is 4.61. The van der Waals surface area contributed by atoms with Gasteiger partial charge in [0.2, 0.25) is 0 Å². The summed E-state index contributed by atoms with van der Waals surface area (Å²) in [5.41, 5.74) is 3.84. The molecule has 1 aliphatic rings. The quantitative estimate of drug-likeness (QED) is 0.546. The highest BCUT2D eigenvalue weighted by Crippen LogP contribution is 2.28. The fourth-order valence-electron chi connectivity index (χ4n) is 3.65. The van der Waals surface area contributed by atoms with E-state index in [1.54, 1.807) is 17.5 Å². The fraction of sp³-hybridized carbons (Fsp3) is 0.292. The molecule has 0 bridgehead atoms. The number of rotatable bonds is 7. The molecule has 0 fully saturated rings. The van der Waals surface area contributed by atoms with Crippen molar-refractivity contribution < 1.29 is 17.9 Å². The molecule has 32 heavy (non-hydrogen) atoms. The van der Waals surface area contributed by atoms with E-state index in [4.69, 9.17) is 4.74 Å². The fourth-order valence-corrected chi connectivity index (χ4v) is 6.21. The molecule has 0 saturated carbocycles. The molecule has 0 unspecified atom stereocenters. The van der Waals surface area contributed by atoms with Crippen molar-refractivity contribution in [3.05, 3.63) is 76.7 Å². The highest BCUT2D eigenvalue weighted by Gasteiger charge is 2.29. The molecule has 168 valence electrons. The molecule has 4 rings (SSSR count). The summed E-state index contributed by atoms with van der Waals surface area (Å²) in [4.78, 5) is 12.4. The Labute approximate surface area is 192 Å². The van der Waals surface area contributed by atoms with E-state index in [1.165, 1.54) is 21.2 Å². The second kappa shape index (κ2) is 9.44. The molecule has 0 aliphatic carbocycles. The monoisotopic (exact) mass is 470 g/mol. The highest BCUT2D eigenvalue weighted by atomic mass is 32.2. The van der Waals surface area contributed by atoms with E-state index in [-0.39, 0.29) is 19.1 Å². The van der Waals surface area contributed by atoms with Gasteiger partial charge in [0.15, 0.2) is 6.61 Å². The largest absolute Gasteiger partial charge is 0.484 e. The van der Waals surface area contributed by atoms with Crippen LogP contribution < -0.4 is 10.1 Å². The van der Waals surface area contributed by atoms with Crippen LogP contribution in [0.1, 0.15) is 36.5 Å². The van der Waals surface area contributed by atoms with Crippen molar-refractivity contribution in [2.45, 2.75) is 36.9 Å².